The van der Waals surface area contributed by atoms with E-state index in [1.807, 2.05) is 18.2 Å². The first kappa shape index (κ1) is 19.5. The van der Waals surface area contributed by atoms with Gasteiger partial charge in [-0.2, -0.15) is 0 Å². The molecule has 1 amide bonds. The molecule has 2 aromatic rings. The fourth-order valence-corrected chi connectivity index (χ4v) is 3.31. The van der Waals surface area contributed by atoms with Crippen LogP contribution in [-0.4, -0.2) is 43.6 Å². The van der Waals surface area contributed by atoms with Gasteiger partial charge in [-0.05, 0) is 42.6 Å². The smallest absolute Gasteiger partial charge is 0.224 e. The lowest BCUT2D eigenvalue weighted by Crippen LogP contribution is -2.39. The zero-order chi connectivity index (χ0) is 18.9. The molecule has 1 aliphatic heterocycles. The molecule has 0 bridgehead atoms. The largest absolute Gasteiger partial charge is 0.371 e. The maximum atomic E-state index is 12.9. The summed E-state index contributed by atoms with van der Waals surface area (Å²) in [7, 11) is 0. The number of unbranched alkanes of at least 4 members (excludes halogenated alkanes) is 1. The number of carbonyl (C=O) groups is 1. The highest BCUT2D eigenvalue weighted by Crippen LogP contribution is 2.21. The van der Waals surface area contributed by atoms with E-state index in [1.165, 1.54) is 17.7 Å². The van der Waals surface area contributed by atoms with Gasteiger partial charge in [-0.15, -0.1) is 0 Å². The zero-order valence-electron chi connectivity index (χ0n) is 15.6. The first-order valence-electron chi connectivity index (χ1n) is 9.61. The third-order valence-electron chi connectivity index (χ3n) is 4.82. The highest BCUT2D eigenvalue weighted by molar-refractivity contribution is 5.78. The van der Waals surface area contributed by atoms with E-state index in [1.54, 1.807) is 12.1 Å². The number of benzene rings is 2. The number of hydrogen-bond acceptors (Lipinski definition) is 3. The lowest BCUT2D eigenvalue weighted by molar-refractivity contribution is -0.120. The second-order valence-corrected chi connectivity index (χ2v) is 6.93. The van der Waals surface area contributed by atoms with Gasteiger partial charge in [0.05, 0.1) is 19.1 Å². The van der Waals surface area contributed by atoms with Gasteiger partial charge in [0.25, 0.3) is 0 Å². The summed E-state index contributed by atoms with van der Waals surface area (Å²) in [6.45, 7) is 4.32. The molecule has 2 aromatic carbocycles. The molecule has 0 aliphatic carbocycles. The van der Waals surface area contributed by atoms with Crippen molar-refractivity contribution in [1.82, 2.24) is 10.2 Å². The minimum absolute atomic E-state index is 0.0166. The molecule has 1 N–H and O–H groups in total. The van der Waals surface area contributed by atoms with Gasteiger partial charge in [0.15, 0.2) is 0 Å². The average Bonchev–Trinajstić information content (AvgIpc) is 2.70. The van der Waals surface area contributed by atoms with Crippen molar-refractivity contribution >= 4 is 5.91 Å². The van der Waals surface area contributed by atoms with Gasteiger partial charge >= 0.3 is 0 Å². The fourth-order valence-electron chi connectivity index (χ4n) is 3.31. The molecule has 5 heteroatoms. The Balaban J connectivity index is 1.30. The van der Waals surface area contributed by atoms with Gasteiger partial charge in [-0.25, -0.2) is 4.39 Å². The molecular weight excluding hydrogens is 343 g/mol. The van der Waals surface area contributed by atoms with E-state index in [0.29, 0.717) is 13.0 Å². The van der Waals surface area contributed by atoms with Crippen molar-refractivity contribution in [2.45, 2.75) is 25.4 Å². The van der Waals surface area contributed by atoms with Crippen LogP contribution in [0.2, 0.25) is 0 Å². The van der Waals surface area contributed by atoms with E-state index < -0.39 is 0 Å². The summed E-state index contributed by atoms with van der Waals surface area (Å²) >= 11 is 0. The molecular formula is C22H27FN2O2. The van der Waals surface area contributed by atoms with Crippen LogP contribution in [0.3, 0.4) is 0 Å². The van der Waals surface area contributed by atoms with Gasteiger partial charge in [0.2, 0.25) is 5.91 Å². The highest BCUT2D eigenvalue weighted by Gasteiger charge is 2.21. The number of rotatable bonds is 8. The summed E-state index contributed by atoms with van der Waals surface area (Å²) in [5.74, 6) is -0.297. The minimum atomic E-state index is -0.281. The Bertz CT molecular complexity index is 706. The maximum Gasteiger partial charge on any atom is 0.224 e. The van der Waals surface area contributed by atoms with Crippen molar-refractivity contribution in [2.75, 3.05) is 32.8 Å². The predicted molar refractivity (Wildman–Crippen MR) is 104 cm³/mol. The molecule has 1 aliphatic rings. The van der Waals surface area contributed by atoms with Crippen molar-refractivity contribution in [3.63, 3.8) is 0 Å². The van der Waals surface area contributed by atoms with Crippen LogP contribution >= 0.6 is 0 Å². The van der Waals surface area contributed by atoms with Crippen LogP contribution < -0.4 is 5.32 Å². The highest BCUT2D eigenvalue weighted by atomic mass is 19.1. The minimum Gasteiger partial charge on any atom is -0.371 e. The lowest BCUT2D eigenvalue weighted by Gasteiger charge is -2.33. The number of ether oxygens (including phenoxy) is 1. The number of nitrogens with one attached hydrogen (secondary N) is 1. The topological polar surface area (TPSA) is 41.6 Å². The van der Waals surface area contributed by atoms with Crippen molar-refractivity contribution < 1.29 is 13.9 Å². The van der Waals surface area contributed by atoms with E-state index in [9.17, 15) is 9.18 Å². The second kappa shape index (κ2) is 10.2. The summed E-state index contributed by atoms with van der Waals surface area (Å²) < 4.78 is 18.8. The number of halogens is 1. The molecule has 27 heavy (non-hydrogen) atoms. The second-order valence-electron chi connectivity index (χ2n) is 6.93. The van der Waals surface area contributed by atoms with Crippen molar-refractivity contribution in [2.24, 2.45) is 0 Å². The van der Waals surface area contributed by atoms with Crippen molar-refractivity contribution in [3.8, 4) is 0 Å². The van der Waals surface area contributed by atoms with E-state index in [4.69, 9.17) is 4.74 Å². The van der Waals surface area contributed by atoms with Crippen LogP contribution in [0.4, 0.5) is 4.39 Å². The summed E-state index contributed by atoms with van der Waals surface area (Å²) in [6.07, 6.45) is 2.43. The molecule has 0 radical (unpaired) electrons. The van der Waals surface area contributed by atoms with Crippen LogP contribution in [0.25, 0.3) is 0 Å². The van der Waals surface area contributed by atoms with E-state index in [0.717, 1.165) is 44.6 Å². The SMILES string of the molecule is O=C(Cc1ccc(F)cc1)NCCCCN1CCOC(c2ccccc2)C1. The molecule has 1 atom stereocenters. The molecule has 0 aromatic heterocycles. The van der Waals surface area contributed by atoms with E-state index >= 15 is 0 Å². The third-order valence-corrected chi connectivity index (χ3v) is 4.82. The number of amides is 1. The lowest BCUT2D eigenvalue weighted by atomic mass is 10.1. The first-order valence-corrected chi connectivity index (χ1v) is 9.61. The average molecular weight is 370 g/mol. The van der Waals surface area contributed by atoms with Crippen LogP contribution in [0.15, 0.2) is 54.6 Å². The van der Waals surface area contributed by atoms with Gasteiger partial charge in [-0.1, -0.05) is 42.5 Å². The Kier molecular flexibility index (Phi) is 7.36. The van der Waals surface area contributed by atoms with Gasteiger partial charge < -0.3 is 10.1 Å². The summed E-state index contributed by atoms with van der Waals surface area (Å²) in [5.41, 5.74) is 2.06. The summed E-state index contributed by atoms with van der Waals surface area (Å²) in [5, 5.41) is 2.94. The summed E-state index contributed by atoms with van der Waals surface area (Å²) in [6, 6.07) is 16.4. The van der Waals surface area contributed by atoms with E-state index in [-0.39, 0.29) is 17.8 Å². The van der Waals surface area contributed by atoms with Crippen LogP contribution in [0, 0.1) is 5.82 Å². The molecule has 3 rings (SSSR count). The monoisotopic (exact) mass is 370 g/mol. The quantitative estimate of drug-likeness (QED) is 0.725. The Morgan fingerprint density at radius 2 is 1.89 bits per heavy atom. The number of hydrogen-bond donors (Lipinski definition) is 1. The zero-order valence-corrected chi connectivity index (χ0v) is 15.6. The number of morpholine rings is 1. The normalized spacial score (nSPS) is 17.6. The molecule has 4 nitrogen and oxygen atoms in total. The molecule has 1 saturated heterocycles. The molecule has 1 unspecified atom stereocenters. The van der Waals surface area contributed by atoms with Crippen molar-refractivity contribution in [1.29, 1.82) is 0 Å². The van der Waals surface area contributed by atoms with Gasteiger partial charge in [0.1, 0.15) is 5.82 Å². The molecule has 144 valence electrons. The van der Waals surface area contributed by atoms with E-state index in [2.05, 4.69) is 22.3 Å². The Morgan fingerprint density at radius 3 is 2.67 bits per heavy atom. The van der Waals surface area contributed by atoms with Crippen LogP contribution in [0.1, 0.15) is 30.1 Å². The Morgan fingerprint density at radius 1 is 1.11 bits per heavy atom. The van der Waals surface area contributed by atoms with Crippen LogP contribution in [0.5, 0.6) is 0 Å². The van der Waals surface area contributed by atoms with Crippen LogP contribution in [-0.2, 0) is 16.0 Å². The molecule has 1 heterocycles. The third kappa shape index (κ3) is 6.45. The molecule has 0 saturated carbocycles. The maximum absolute atomic E-state index is 12.9. The summed E-state index contributed by atoms with van der Waals surface area (Å²) in [4.78, 5) is 14.4. The molecule has 0 spiro atoms. The van der Waals surface area contributed by atoms with Gasteiger partial charge in [0, 0.05) is 19.6 Å². The Hall–Kier alpha value is -2.24. The van der Waals surface area contributed by atoms with Gasteiger partial charge in [-0.3, -0.25) is 9.69 Å². The van der Waals surface area contributed by atoms with Crippen molar-refractivity contribution in [3.05, 3.63) is 71.5 Å². The number of nitrogens with zero attached hydrogens (tertiary/aromatic N) is 1. The number of carbonyl (C=O) groups excluding carboxylic acids is 1. The predicted octanol–water partition coefficient (Wildman–Crippen LogP) is 3.34. The first-order chi connectivity index (χ1) is 13.2. The standard InChI is InChI=1S/C22H27FN2O2/c23-20-10-8-18(9-11-20)16-22(26)24-12-4-5-13-25-14-15-27-21(17-25)19-6-2-1-3-7-19/h1-3,6-11,21H,4-5,12-17H2,(H,24,26). The molecule has 1 fully saturated rings. The Labute approximate surface area is 160 Å². The fraction of sp³-hybridized carbons (Fsp3) is 0.409.